The second-order valence-corrected chi connectivity index (χ2v) is 10.3. The third kappa shape index (κ3) is 5.74. The highest BCUT2D eigenvalue weighted by molar-refractivity contribution is 5.91. The minimum absolute atomic E-state index is 0.0122. The molecule has 43 heavy (non-hydrogen) atoms. The molecule has 2 fully saturated rings. The minimum Gasteiger partial charge on any atom is -0.508 e. The molecule has 0 bridgehead atoms. The van der Waals surface area contributed by atoms with Gasteiger partial charge in [0.1, 0.15) is 59.3 Å². The zero-order valence-electron chi connectivity index (χ0n) is 22.9. The molecule has 1 aromatic heterocycles. The lowest BCUT2D eigenvalue weighted by molar-refractivity contribution is -0.354. The van der Waals surface area contributed by atoms with E-state index in [-0.39, 0.29) is 34.0 Å². The molecular formula is C28H32O15. The van der Waals surface area contributed by atoms with E-state index in [4.69, 9.17) is 28.1 Å². The molecule has 0 radical (unpaired) electrons. The molecule has 15 nitrogen and oxygen atoms in total. The molecule has 10 atom stereocenters. The third-order valence-corrected chi connectivity index (χ3v) is 7.42. The highest BCUT2D eigenvalue weighted by Crippen LogP contribution is 2.43. The first-order valence-electron chi connectivity index (χ1n) is 13.3. The molecule has 8 N–H and O–H groups in total. The number of ether oxygens (including phenoxy) is 5. The van der Waals surface area contributed by atoms with Crippen molar-refractivity contribution < 1.29 is 69.0 Å². The van der Waals surface area contributed by atoms with Crippen LogP contribution in [-0.2, 0) is 14.2 Å². The Labute approximate surface area is 243 Å². The van der Waals surface area contributed by atoms with Gasteiger partial charge in [-0.15, -0.1) is 0 Å². The van der Waals surface area contributed by atoms with Gasteiger partial charge in [0, 0.05) is 17.7 Å². The fraction of sp³-hybridized carbons (Fsp3) is 0.464. The van der Waals surface area contributed by atoms with Gasteiger partial charge in [-0.1, -0.05) is 0 Å². The van der Waals surface area contributed by atoms with Crippen molar-refractivity contribution >= 4 is 11.0 Å². The molecule has 234 valence electrons. The average molecular weight is 609 g/mol. The number of aliphatic hydroxyl groups is 6. The standard InChI is InChI=1S/C28H32O15/c1-10-19(33)21(35)23(37)27(39-10)43-26-22(36)20(34)17(9-29)42-28(26)41-16-8-14(32)18-13(31)7-15(40-25(18)24(16)38-2)11-3-5-12(30)6-4-11/h3-8,10,17,19-23,26-30,32-37H,9H2,1-2H3/t10-,17-,19-,20-,21-,22+,23-,26-,27-,28-/m0/s1. The molecule has 2 aliphatic heterocycles. The number of fused-ring (bicyclic) bond motifs is 1. The van der Waals surface area contributed by atoms with Crippen molar-refractivity contribution in [2.45, 2.75) is 68.3 Å². The fourth-order valence-electron chi connectivity index (χ4n) is 5.02. The van der Waals surface area contributed by atoms with E-state index in [1.54, 1.807) is 0 Å². The van der Waals surface area contributed by atoms with Crippen LogP contribution in [-0.4, -0.2) is 116 Å². The summed E-state index contributed by atoms with van der Waals surface area (Å²) in [4.78, 5) is 13.0. The molecule has 2 aromatic carbocycles. The van der Waals surface area contributed by atoms with E-state index in [1.165, 1.54) is 38.3 Å². The molecule has 0 unspecified atom stereocenters. The Morgan fingerprint density at radius 1 is 0.860 bits per heavy atom. The van der Waals surface area contributed by atoms with Crippen molar-refractivity contribution in [2.24, 2.45) is 0 Å². The van der Waals surface area contributed by atoms with Gasteiger partial charge < -0.3 is 69.0 Å². The number of aliphatic hydroxyl groups excluding tert-OH is 6. The summed E-state index contributed by atoms with van der Waals surface area (Å²) in [7, 11) is 1.23. The molecule has 0 spiro atoms. The maximum atomic E-state index is 13.0. The van der Waals surface area contributed by atoms with Gasteiger partial charge in [-0.25, -0.2) is 0 Å². The molecule has 0 saturated carbocycles. The topological polar surface area (TPSA) is 238 Å². The van der Waals surface area contributed by atoms with Crippen LogP contribution in [0, 0.1) is 0 Å². The van der Waals surface area contributed by atoms with E-state index in [1.807, 2.05) is 0 Å². The summed E-state index contributed by atoms with van der Waals surface area (Å²) in [5, 5.41) is 82.0. The molecule has 5 rings (SSSR count). The SMILES string of the molecule is COc1c(O[C@H]2O[C@@H](CO)[C@H](O)[C@@H](O)[C@@H]2O[C@@H]2O[C@@H](C)[C@H](O)[C@H](O)[C@@H]2O)cc(O)c2c(=O)cc(-c3ccc(O)cc3)oc12. The second kappa shape index (κ2) is 12.2. The van der Waals surface area contributed by atoms with Crippen molar-refractivity contribution in [1.82, 2.24) is 0 Å². The first-order valence-corrected chi connectivity index (χ1v) is 13.3. The van der Waals surface area contributed by atoms with Crippen molar-refractivity contribution in [2.75, 3.05) is 13.7 Å². The van der Waals surface area contributed by atoms with Crippen molar-refractivity contribution in [3.8, 4) is 34.3 Å². The van der Waals surface area contributed by atoms with Crippen LogP contribution < -0.4 is 14.9 Å². The first kappa shape index (κ1) is 30.9. The number of phenolic OH excluding ortho intramolecular Hbond substituents is 2. The zero-order chi connectivity index (χ0) is 31.2. The van der Waals surface area contributed by atoms with E-state index < -0.39 is 79.2 Å². The summed E-state index contributed by atoms with van der Waals surface area (Å²) in [5.41, 5.74) is -0.430. The van der Waals surface area contributed by atoms with E-state index >= 15 is 0 Å². The van der Waals surface area contributed by atoms with E-state index in [0.717, 1.165) is 12.1 Å². The lowest BCUT2D eigenvalue weighted by Crippen LogP contribution is -2.64. The van der Waals surface area contributed by atoms with Crippen molar-refractivity contribution in [3.63, 3.8) is 0 Å². The summed E-state index contributed by atoms with van der Waals surface area (Å²) >= 11 is 0. The van der Waals surface area contributed by atoms with Gasteiger partial charge in [0.05, 0.1) is 19.8 Å². The predicted molar refractivity (Wildman–Crippen MR) is 143 cm³/mol. The Morgan fingerprint density at radius 2 is 1.56 bits per heavy atom. The molecule has 15 heteroatoms. The fourth-order valence-corrected chi connectivity index (χ4v) is 5.02. The van der Waals surface area contributed by atoms with Gasteiger partial charge in [-0.3, -0.25) is 4.79 Å². The van der Waals surface area contributed by atoms with Gasteiger partial charge in [0.2, 0.25) is 12.0 Å². The minimum atomic E-state index is -1.80. The summed E-state index contributed by atoms with van der Waals surface area (Å²) in [6, 6.07) is 7.96. The molecule has 3 aromatic rings. The quantitative estimate of drug-likeness (QED) is 0.159. The van der Waals surface area contributed by atoms with Crippen LogP contribution in [0.5, 0.6) is 23.0 Å². The van der Waals surface area contributed by atoms with Crippen LogP contribution in [0.25, 0.3) is 22.3 Å². The normalized spacial score (nSPS) is 32.9. The van der Waals surface area contributed by atoms with Crippen LogP contribution in [0.2, 0.25) is 0 Å². The van der Waals surface area contributed by atoms with E-state index in [2.05, 4.69) is 0 Å². The summed E-state index contributed by atoms with van der Waals surface area (Å²) < 4.78 is 34.1. The maximum Gasteiger partial charge on any atom is 0.229 e. The van der Waals surface area contributed by atoms with Crippen molar-refractivity contribution in [1.29, 1.82) is 0 Å². The number of phenols is 2. The number of hydrogen-bond donors (Lipinski definition) is 8. The molecule has 3 heterocycles. The number of benzene rings is 2. The largest absolute Gasteiger partial charge is 0.508 e. The molecule has 2 saturated heterocycles. The lowest BCUT2D eigenvalue weighted by atomic mass is 9.97. The van der Waals surface area contributed by atoms with Crippen molar-refractivity contribution in [3.05, 3.63) is 46.6 Å². The summed E-state index contributed by atoms with van der Waals surface area (Å²) in [6.07, 6.45) is -15.7. The number of aromatic hydroxyl groups is 2. The third-order valence-electron chi connectivity index (χ3n) is 7.42. The molecule has 0 aliphatic carbocycles. The number of hydrogen-bond acceptors (Lipinski definition) is 15. The van der Waals surface area contributed by atoms with Crippen LogP contribution in [0.1, 0.15) is 6.92 Å². The van der Waals surface area contributed by atoms with Crippen LogP contribution in [0.4, 0.5) is 0 Å². The molecule has 0 amide bonds. The smallest absolute Gasteiger partial charge is 0.229 e. The maximum absolute atomic E-state index is 13.0. The van der Waals surface area contributed by atoms with E-state index in [0.29, 0.717) is 5.56 Å². The molecule has 2 aliphatic rings. The van der Waals surface area contributed by atoms with Gasteiger partial charge in [-0.05, 0) is 31.2 Å². The Hall–Kier alpha value is -3.51. The Balaban J connectivity index is 1.54. The number of methoxy groups -OCH3 is 1. The zero-order valence-corrected chi connectivity index (χ0v) is 22.9. The van der Waals surface area contributed by atoms with Gasteiger partial charge in [0.15, 0.2) is 29.2 Å². The Bertz CT molecular complexity index is 1490. The van der Waals surface area contributed by atoms with Crippen LogP contribution >= 0.6 is 0 Å². The first-order chi connectivity index (χ1) is 20.4. The molecular weight excluding hydrogens is 576 g/mol. The van der Waals surface area contributed by atoms with Gasteiger partial charge in [-0.2, -0.15) is 0 Å². The van der Waals surface area contributed by atoms with E-state index in [9.17, 15) is 45.6 Å². The Morgan fingerprint density at radius 3 is 2.21 bits per heavy atom. The monoisotopic (exact) mass is 608 g/mol. The van der Waals surface area contributed by atoms with Gasteiger partial charge >= 0.3 is 0 Å². The highest BCUT2D eigenvalue weighted by Gasteiger charge is 2.51. The predicted octanol–water partition coefficient (Wildman–Crippen LogP) is -1.09. The lowest BCUT2D eigenvalue weighted by Gasteiger charge is -2.45. The summed E-state index contributed by atoms with van der Waals surface area (Å²) in [6.45, 7) is 0.664. The van der Waals surface area contributed by atoms with Crippen LogP contribution in [0.3, 0.4) is 0 Å². The van der Waals surface area contributed by atoms with Gasteiger partial charge in [0.25, 0.3) is 0 Å². The average Bonchev–Trinajstić information content (AvgIpc) is 2.98. The summed E-state index contributed by atoms with van der Waals surface area (Å²) in [5.74, 6) is -0.968. The highest BCUT2D eigenvalue weighted by atomic mass is 16.8. The second-order valence-electron chi connectivity index (χ2n) is 10.3. The Kier molecular flexibility index (Phi) is 8.80. The van der Waals surface area contributed by atoms with Crippen LogP contribution in [0.15, 0.2) is 45.6 Å². The number of rotatable bonds is 7.